The summed E-state index contributed by atoms with van der Waals surface area (Å²) in [5.74, 6) is 1.82. The molecule has 2 rings (SSSR count). The summed E-state index contributed by atoms with van der Waals surface area (Å²) in [6.07, 6.45) is 3.39. The molecule has 20 heavy (non-hydrogen) atoms. The van der Waals surface area contributed by atoms with Gasteiger partial charge in [0, 0.05) is 6.54 Å². The second-order valence-electron chi connectivity index (χ2n) is 4.95. The fraction of sp³-hybridized carbons (Fsp3) is 0.375. The Kier molecular flexibility index (Phi) is 5.07. The fourth-order valence-corrected chi connectivity index (χ4v) is 1.78. The third-order valence-corrected chi connectivity index (χ3v) is 3.01. The molecule has 0 radical (unpaired) electrons. The van der Waals surface area contributed by atoms with E-state index in [4.69, 9.17) is 4.74 Å². The molecule has 0 aliphatic heterocycles. The maximum absolute atomic E-state index is 5.68. The lowest BCUT2D eigenvalue weighted by molar-refractivity contribution is 0.458. The van der Waals surface area contributed by atoms with Crippen LogP contribution in [0.2, 0.25) is 0 Å². The molecule has 0 amide bonds. The van der Waals surface area contributed by atoms with E-state index >= 15 is 0 Å². The molecule has 1 aromatic heterocycles. The highest BCUT2D eigenvalue weighted by Crippen LogP contribution is 2.22. The third kappa shape index (κ3) is 4.03. The van der Waals surface area contributed by atoms with Crippen LogP contribution in [0, 0.1) is 0 Å². The topological polar surface area (TPSA) is 47.0 Å². The average molecular weight is 271 g/mol. The van der Waals surface area contributed by atoms with Gasteiger partial charge in [-0.3, -0.25) is 4.98 Å². The number of hydrogen-bond donors (Lipinski definition) is 1. The summed E-state index contributed by atoms with van der Waals surface area (Å²) in [5.41, 5.74) is 2.21. The first-order valence-corrected chi connectivity index (χ1v) is 6.98. The van der Waals surface area contributed by atoms with Gasteiger partial charge in [-0.1, -0.05) is 32.9 Å². The second-order valence-corrected chi connectivity index (χ2v) is 4.95. The normalized spacial score (nSPS) is 10.8. The molecular formula is C16H21N3O. The van der Waals surface area contributed by atoms with Gasteiger partial charge in [-0.15, -0.1) is 0 Å². The van der Waals surface area contributed by atoms with E-state index in [1.807, 2.05) is 12.1 Å². The second kappa shape index (κ2) is 7.01. The number of nitrogens with one attached hydrogen (secondary N) is 1. The Morgan fingerprint density at radius 2 is 1.85 bits per heavy atom. The minimum absolute atomic E-state index is 0.516. The summed E-state index contributed by atoms with van der Waals surface area (Å²) >= 11 is 0. The van der Waals surface area contributed by atoms with Gasteiger partial charge in [-0.25, -0.2) is 4.98 Å². The standard InChI is InChI=1S/C16H21N3O/c1-4-17-9-14-10-19-16(11-18-14)20-15-7-5-13(6-8-15)12(2)3/h5-8,10-12,17H,4,9H2,1-3H3. The zero-order valence-electron chi connectivity index (χ0n) is 12.3. The largest absolute Gasteiger partial charge is 0.438 e. The smallest absolute Gasteiger partial charge is 0.237 e. The predicted octanol–water partition coefficient (Wildman–Crippen LogP) is 3.50. The Morgan fingerprint density at radius 1 is 1.10 bits per heavy atom. The molecule has 1 N–H and O–H groups in total. The maximum atomic E-state index is 5.68. The summed E-state index contributed by atoms with van der Waals surface area (Å²) in [5, 5.41) is 3.21. The van der Waals surface area contributed by atoms with Crippen molar-refractivity contribution in [3.05, 3.63) is 47.9 Å². The first-order chi connectivity index (χ1) is 9.69. The van der Waals surface area contributed by atoms with Crippen LogP contribution in [-0.4, -0.2) is 16.5 Å². The first kappa shape index (κ1) is 14.5. The summed E-state index contributed by atoms with van der Waals surface area (Å²) < 4.78 is 5.68. The van der Waals surface area contributed by atoms with Crippen LogP contribution in [0.25, 0.3) is 0 Å². The van der Waals surface area contributed by atoms with Gasteiger partial charge >= 0.3 is 0 Å². The molecule has 0 unspecified atom stereocenters. The average Bonchev–Trinajstić information content (AvgIpc) is 2.47. The molecule has 2 aromatic rings. The van der Waals surface area contributed by atoms with E-state index < -0.39 is 0 Å². The monoisotopic (exact) mass is 271 g/mol. The van der Waals surface area contributed by atoms with E-state index in [1.54, 1.807) is 12.4 Å². The number of nitrogens with zero attached hydrogens (tertiary/aromatic N) is 2. The Bertz CT molecular complexity index is 520. The summed E-state index contributed by atoms with van der Waals surface area (Å²) in [7, 11) is 0. The van der Waals surface area contributed by atoms with E-state index in [0.717, 1.165) is 24.5 Å². The van der Waals surface area contributed by atoms with Gasteiger partial charge in [-0.2, -0.15) is 0 Å². The SMILES string of the molecule is CCNCc1cnc(Oc2ccc(C(C)C)cc2)cn1. The molecule has 106 valence electrons. The van der Waals surface area contributed by atoms with Gasteiger partial charge < -0.3 is 10.1 Å². The number of ether oxygens (including phenoxy) is 1. The van der Waals surface area contributed by atoms with Crippen molar-refractivity contribution in [2.45, 2.75) is 33.2 Å². The molecular weight excluding hydrogens is 250 g/mol. The van der Waals surface area contributed by atoms with Gasteiger partial charge in [0.2, 0.25) is 5.88 Å². The van der Waals surface area contributed by atoms with Gasteiger partial charge in [0.05, 0.1) is 18.1 Å². The molecule has 0 bridgehead atoms. The van der Waals surface area contributed by atoms with Crippen LogP contribution in [0.3, 0.4) is 0 Å². The van der Waals surface area contributed by atoms with Crippen molar-refractivity contribution < 1.29 is 4.74 Å². The van der Waals surface area contributed by atoms with Gasteiger partial charge in [-0.05, 0) is 30.2 Å². The fourth-order valence-electron chi connectivity index (χ4n) is 1.78. The summed E-state index contributed by atoms with van der Waals surface area (Å²) in [6.45, 7) is 8.05. The lowest BCUT2D eigenvalue weighted by Crippen LogP contribution is -2.13. The molecule has 0 aliphatic carbocycles. The lowest BCUT2D eigenvalue weighted by atomic mass is 10.0. The summed E-state index contributed by atoms with van der Waals surface area (Å²) in [6, 6.07) is 8.08. The van der Waals surface area contributed by atoms with E-state index in [2.05, 4.69) is 48.2 Å². The minimum Gasteiger partial charge on any atom is -0.438 e. The molecule has 0 saturated heterocycles. The lowest BCUT2D eigenvalue weighted by Gasteiger charge is -2.08. The van der Waals surface area contributed by atoms with Crippen LogP contribution in [0.1, 0.15) is 37.9 Å². The molecule has 1 heterocycles. The van der Waals surface area contributed by atoms with E-state index in [9.17, 15) is 0 Å². The zero-order chi connectivity index (χ0) is 14.4. The Hall–Kier alpha value is -1.94. The van der Waals surface area contributed by atoms with Gasteiger partial charge in [0.25, 0.3) is 0 Å². The van der Waals surface area contributed by atoms with Gasteiger partial charge in [0.15, 0.2) is 0 Å². The molecule has 4 nitrogen and oxygen atoms in total. The van der Waals surface area contributed by atoms with E-state index in [-0.39, 0.29) is 0 Å². The highest BCUT2D eigenvalue weighted by molar-refractivity contribution is 5.31. The Labute approximate surface area is 120 Å². The van der Waals surface area contributed by atoms with Crippen molar-refractivity contribution in [3.8, 4) is 11.6 Å². The van der Waals surface area contributed by atoms with Crippen LogP contribution in [-0.2, 0) is 6.54 Å². The highest BCUT2D eigenvalue weighted by atomic mass is 16.5. The molecule has 4 heteroatoms. The molecule has 0 fully saturated rings. The Balaban J connectivity index is 1.98. The van der Waals surface area contributed by atoms with E-state index in [0.29, 0.717) is 11.8 Å². The summed E-state index contributed by atoms with van der Waals surface area (Å²) in [4.78, 5) is 8.57. The first-order valence-electron chi connectivity index (χ1n) is 6.98. The van der Waals surface area contributed by atoms with Crippen LogP contribution in [0.5, 0.6) is 11.6 Å². The predicted molar refractivity (Wildman–Crippen MR) is 80.0 cm³/mol. The number of aromatic nitrogens is 2. The molecule has 1 aromatic carbocycles. The van der Waals surface area contributed by atoms with Crippen molar-refractivity contribution in [2.75, 3.05) is 6.54 Å². The Morgan fingerprint density at radius 3 is 2.40 bits per heavy atom. The zero-order valence-corrected chi connectivity index (χ0v) is 12.3. The molecule has 0 atom stereocenters. The molecule has 0 aliphatic rings. The number of hydrogen-bond acceptors (Lipinski definition) is 4. The van der Waals surface area contributed by atoms with Crippen LogP contribution >= 0.6 is 0 Å². The third-order valence-electron chi connectivity index (χ3n) is 3.01. The van der Waals surface area contributed by atoms with Crippen molar-refractivity contribution in [2.24, 2.45) is 0 Å². The number of benzene rings is 1. The highest BCUT2D eigenvalue weighted by Gasteiger charge is 2.02. The van der Waals surface area contributed by atoms with Gasteiger partial charge in [0.1, 0.15) is 5.75 Å². The van der Waals surface area contributed by atoms with Crippen molar-refractivity contribution in [1.29, 1.82) is 0 Å². The van der Waals surface area contributed by atoms with Crippen molar-refractivity contribution >= 4 is 0 Å². The van der Waals surface area contributed by atoms with Crippen LogP contribution in [0.15, 0.2) is 36.7 Å². The van der Waals surface area contributed by atoms with Crippen molar-refractivity contribution in [1.82, 2.24) is 15.3 Å². The van der Waals surface area contributed by atoms with E-state index in [1.165, 1.54) is 5.56 Å². The quantitative estimate of drug-likeness (QED) is 0.873. The molecule has 0 saturated carbocycles. The number of rotatable bonds is 6. The van der Waals surface area contributed by atoms with Crippen molar-refractivity contribution in [3.63, 3.8) is 0 Å². The minimum atomic E-state index is 0.516. The van der Waals surface area contributed by atoms with Crippen LogP contribution in [0.4, 0.5) is 0 Å². The molecule has 0 spiro atoms. The van der Waals surface area contributed by atoms with Crippen LogP contribution < -0.4 is 10.1 Å². The maximum Gasteiger partial charge on any atom is 0.237 e.